The van der Waals surface area contributed by atoms with Crippen molar-refractivity contribution in [3.05, 3.63) is 66.2 Å². The van der Waals surface area contributed by atoms with E-state index in [9.17, 15) is 9.90 Å². The summed E-state index contributed by atoms with van der Waals surface area (Å²) in [6.07, 6.45) is 0.775. The van der Waals surface area contributed by atoms with E-state index < -0.39 is 0 Å². The van der Waals surface area contributed by atoms with Crippen LogP contribution in [0.5, 0.6) is 5.75 Å². The number of benzene rings is 3. The molecule has 0 spiro atoms. The molecule has 2 heteroatoms. The predicted molar refractivity (Wildman–Crippen MR) is 76.4 cm³/mol. The maximum atomic E-state index is 11.2. The third kappa shape index (κ3) is 1.87. The quantitative estimate of drug-likeness (QED) is 0.695. The first-order valence-electron chi connectivity index (χ1n) is 6.06. The van der Waals surface area contributed by atoms with Gasteiger partial charge in [-0.3, -0.25) is 4.79 Å². The Morgan fingerprint density at radius 1 is 0.842 bits per heavy atom. The van der Waals surface area contributed by atoms with Crippen LogP contribution in [0.15, 0.2) is 60.7 Å². The fourth-order valence-corrected chi connectivity index (χ4v) is 2.39. The molecule has 0 atom stereocenters. The first-order chi connectivity index (χ1) is 9.31. The van der Waals surface area contributed by atoms with Gasteiger partial charge in [-0.2, -0.15) is 0 Å². The average Bonchev–Trinajstić information content (AvgIpc) is 2.46. The Labute approximate surface area is 110 Å². The second kappa shape index (κ2) is 4.58. The van der Waals surface area contributed by atoms with Gasteiger partial charge in [-0.25, -0.2) is 0 Å². The normalized spacial score (nSPS) is 10.5. The minimum absolute atomic E-state index is 0.126. The van der Waals surface area contributed by atoms with Crippen LogP contribution >= 0.6 is 0 Å². The molecule has 2 nitrogen and oxygen atoms in total. The Morgan fingerprint density at radius 3 is 2.42 bits per heavy atom. The lowest BCUT2D eigenvalue weighted by Gasteiger charge is -2.10. The maximum Gasteiger partial charge on any atom is 0.150 e. The number of aldehydes is 1. The van der Waals surface area contributed by atoms with Gasteiger partial charge < -0.3 is 5.11 Å². The van der Waals surface area contributed by atoms with Gasteiger partial charge in [0.1, 0.15) is 5.75 Å². The third-order valence-electron chi connectivity index (χ3n) is 3.26. The minimum atomic E-state index is 0.126. The van der Waals surface area contributed by atoms with Gasteiger partial charge in [-0.05, 0) is 22.4 Å². The van der Waals surface area contributed by atoms with Gasteiger partial charge in [-0.1, -0.05) is 54.6 Å². The number of phenolic OH excluding ortho intramolecular Hbond substituents is 1. The number of carbonyl (C=O) groups is 1. The zero-order valence-corrected chi connectivity index (χ0v) is 10.2. The van der Waals surface area contributed by atoms with E-state index in [0.29, 0.717) is 11.1 Å². The van der Waals surface area contributed by atoms with Gasteiger partial charge in [0, 0.05) is 11.1 Å². The molecular formula is C17H12O2. The zero-order valence-electron chi connectivity index (χ0n) is 10.2. The van der Waals surface area contributed by atoms with Crippen molar-refractivity contribution in [2.24, 2.45) is 0 Å². The van der Waals surface area contributed by atoms with E-state index in [1.165, 1.54) is 0 Å². The molecule has 0 heterocycles. The molecule has 0 aliphatic rings. The monoisotopic (exact) mass is 248 g/mol. The fourth-order valence-electron chi connectivity index (χ4n) is 2.39. The molecule has 0 saturated carbocycles. The first kappa shape index (κ1) is 11.5. The minimum Gasteiger partial charge on any atom is -0.507 e. The summed E-state index contributed by atoms with van der Waals surface area (Å²) in [7, 11) is 0. The zero-order chi connectivity index (χ0) is 13.2. The number of fused-ring (bicyclic) bond motifs is 1. The number of phenols is 1. The molecule has 0 radical (unpaired) electrons. The standard InChI is InChI=1S/C17H12O2/c18-11-13-7-4-10-16(19)17(13)15-9-3-6-12-5-1-2-8-14(12)15/h1-11,19H. The molecule has 0 bridgehead atoms. The highest BCUT2D eigenvalue weighted by Gasteiger charge is 2.12. The molecule has 3 aromatic carbocycles. The highest BCUT2D eigenvalue weighted by molar-refractivity contribution is 6.02. The van der Waals surface area contributed by atoms with E-state index in [1.807, 2.05) is 42.5 Å². The third-order valence-corrected chi connectivity index (χ3v) is 3.26. The molecule has 0 unspecified atom stereocenters. The lowest BCUT2D eigenvalue weighted by atomic mass is 9.94. The van der Waals surface area contributed by atoms with Gasteiger partial charge in [0.2, 0.25) is 0 Å². The van der Waals surface area contributed by atoms with E-state index >= 15 is 0 Å². The summed E-state index contributed by atoms with van der Waals surface area (Å²) in [5.41, 5.74) is 1.96. The highest BCUT2D eigenvalue weighted by Crippen LogP contribution is 2.36. The van der Waals surface area contributed by atoms with Crippen LogP contribution in [-0.2, 0) is 0 Å². The van der Waals surface area contributed by atoms with Gasteiger partial charge in [0.05, 0.1) is 0 Å². The number of carbonyl (C=O) groups excluding carboxylic acids is 1. The molecule has 0 aliphatic heterocycles. The van der Waals surface area contributed by atoms with E-state index in [0.717, 1.165) is 22.6 Å². The Bertz CT molecular complexity index is 755. The van der Waals surface area contributed by atoms with Crippen LogP contribution in [0.4, 0.5) is 0 Å². The summed E-state index contributed by atoms with van der Waals surface area (Å²) in [5.74, 6) is 0.126. The van der Waals surface area contributed by atoms with Gasteiger partial charge >= 0.3 is 0 Å². The SMILES string of the molecule is O=Cc1cccc(O)c1-c1cccc2ccccc12. The number of hydrogen-bond acceptors (Lipinski definition) is 2. The summed E-state index contributed by atoms with van der Waals surface area (Å²) >= 11 is 0. The molecule has 0 saturated heterocycles. The average molecular weight is 248 g/mol. The summed E-state index contributed by atoms with van der Waals surface area (Å²) in [6.45, 7) is 0. The van der Waals surface area contributed by atoms with Crippen molar-refractivity contribution in [1.29, 1.82) is 0 Å². The molecule has 0 fully saturated rings. The van der Waals surface area contributed by atoms with E-state index in [2.05, 4.69) is 0 Å². The molecule has 19 heavy (non-hydrogen) atoms. The first-order valence-corrected chi connectivity index (χ1v) is 6.06. The van der Waals surface area contributed by atoms with Crippen LogP contribution < -0.4 is 0 Å². The summed E-state index contributed by atoms with van der Waals surface area (Å²) < 4.78 is 0. The Balaban J connectivity index is 2.40. The molecular weight excluding hydrogens is 236 g/mol. The predicted octanol–water partition coefficient (Wildman–Crippen LogP) is 4.02. The number of rotatable bonds is 2. The van der Waals surface area contributed by atoms with Crippen molar-refractivity contribution in [2.45, 2.75) is 0 Å². The van der Waals surface area contributed by atoms with Crippen molar-refractivity contribution in [1.82, 2.24) is 0 Å². The van der Waals surface area contributed by atoms with Crippen molar-refractivity contribution in [2.75, 3.05) is 0 Å². The Morgan fingerprint density at radius 2 is 1.58 bits per heavy atom. The lowest BCUT2D eigenvalue weighted by Crippen LogP contribution is -1.89. The number of aromatic hydroxyl groups is 1. The Hall–Kier alpha value is -2.61. The van der Waals surface area contributed by atoms with Crippen LogP contribution in [0.1, 0.15) is 10.4 Å². The largest absolute Gasteiger partial charge is 0.507 e. The van der Waals surface area contributed by atoms with Gasteiger partial charge in [0.25, 0.3) is 0 Å². The summed E-state index contributed by atoms with van der Waals surface area (Å²) in [6, 6.07) is 18.8. The molecule has 1 N–H and O–H groups in total. The summed E-state index contributed by atoms with van der Waals surface area (Å²) in [5, 5.41) is 12.2. The van der Waals surface area contributed by atoms with Gasteiger partial charge in [-0.15, -0.1) is 0 Å². The molecule has 0 aromatic heterocycles. The van der Waals surface area contributed by atoms with E-state index in [4.69, 9.17) is 0 Å². The van der Waals surface area contributed by atoms with E-state index in [1.54, 1.807) is 18.2 Å². The fraction of sp³-hybridized carbons (Fsp3) is 0. The van der Waals surface area contributed by atoms with Gasteiger partial charge in [0.15, 0.2) is 6.29 Å². The molecule has 0 amide bonds. The van der Waals surface area contributed by atoms with Crippen molar-refractivity contribution >= 4 is 17.1 Å². The molecule has 92 valence electrons. The second-order valence-electron chi connectivity index (χ2n) is 4.39. The molecule has 3 aromatic rings. The number of hydrogen-bond donors (Lipinski definition) is 1. The van der Waals surface area contributed by atoms with Crippen LogP contribution in [-0.4, -0.2) is 11.4 Å². The van der Waals surface area contributed by atoms with Crippen molar-refractivity contribution < 1.29 is 9.90 Å². The van der Waals surface area contributed by atoms with E-state index in [-0.39, 0.29) is 5.75 Å². The van der Waals surface area contributed by atoms with Crippen LogP contribution in [0, 0.1) is 0 Å². The highest BCUT2D eigenvalue weighted by atomic mass is 16.3. The van der Waals surface area contributed by atoms with Crippen LogP contribution in [0.3, 0.4) is 0 Å². The topological polar surface area (TPSA) is 37.3 Å². The second-order valence-corrected chi connectivity index (χ2v) is 4.39. The van der Waals surface area contributed by atoms with Crippen molar-refractivity contribution in [3.8, 4) is 16.9 Å². The summed E-state index contributed by atoms with van der Waals surface area (Å²) in [4.78, 5) is 11.2. The van der Waals surface area contributed by atoms with Crippen molar-refractivity contribution in [3.63, 3.8) is 0 Å². The lowest BCUT2D eigenvalue weighted by molar-refractivity contribution is 0.112. The molecule has 0 aliphatic carbocycles. The molecule has 3 rings (SSSR count). The van der Waals surface area contributed by atoms with Crippen LogP contribution in [0.25, 0.3) is 21.9 Å². The van der Waals surface area contributed by atoms with Crippen LogP contribution in [0.2, 0.25) is 0 Å². The smallest absolute Gasteiger partial charge is 0.150 e. The Kier molecular flexibility index (Phi) is 2.76. The maximum absolute atomic E-state index is 11.2.